The first kappa shape index (κ1) is 22.7. The quantitative estimate of drug-likeness (QED) is 0.426. The number of amides is 1. The number of hydrogen-bond donors (Lipinski definition) is 1. The number of esters is 1. The number of carbonyl (C=O) groups excluding carboxylic acids is 2. The lowest BCUT2D eigenvalue weighted by Gasteiger charge is -2.09. The Kier molecular flexibility index (Phi) is 6.35. The van der Waals surface area contributed by atoms with Gasteiger partial charge in [-0.3, -0.25) is 4.79 Å². The van der Waals surface area contributed by atoms with Crippen LogP contribution in [0.3, 0.4) is 0 Å². The van der Waals surface area contributed by atoms with E-state index in [1.165, 1.54) is 38.5 Å². The molecular weight excluding hydrogens is 446 g/mol. The fourth-order valence-electron chi connectivity index (χ4n) is 3.31. The molecule has 9 heteroatoms. The number of benzene rings is 3. The van der Waals surface area contributed by atoms with Gasteiger partial charge in [0.25, 0.3) is 5.91 Å². The fraction of sp³-hybridized carbons (Fsp3) is 0.0800. The maximum absolute atomic E-state index is 13.8. The average Bonchev–Trinajstić information content (AvgIpc) is 3.19. The molecule has 0 radical (unpaired) electrons. The number of rotatable bonds is 6. The largest absolute Gasteiger partial charge is 0.493 e. The van der Waals surface area contributed by atoms with E-state index in [-0.39, 0.29) is 11.6 Å². The third-order valence-electron chi connectivity index (χ3n) is 4.93. The van der Waals surface area contributed by atoms with E-state index in [4.69, 9.17) is 14.2 Å². The molecular formula is C25H18F2N2O5. The van der Waals surface area contributed by atoms with Crippen LogP contribution in [0.2, 0.25) is 0 Å². The van der Waals surface area contributed by atoms with Gasteiger partial charge in [-0.15, -0.1) is 0 Å². The molecule has 1 N–H and O–H groups in total. The lowest BCUT2D eigenvalue weighted by molar-refractivity contribution is -0.129. The molecule has 0 aromatic heterocycles. The predicted molar refractivity (Wildman–Crippen MR) is 121 cm³/mol. The van der Waals surface area contributed by atoms with E-state index in [0.717, 1.165) is 12.1 Å². The molecule has 1 amide bonds. The monoisotopic (exact) mass is 464 g/mol. The number of halogens is 2. The molecule has 1 aliphatic rings. The van der Waals surface area contributed by atoms with Gasteiger partial charge < -0.3 is 19.5 Å². The summed E-state index contributed by atoms with van der Waals surface area (Å²) in [4.78, 5) is 28.8. The summed E-state index contributed by atoms with van der Waals surface area (Å²) < 4.78 is 43.5. The van der Waals surface area contributed by atoms with Gasteiger partial charge in [-0.25, -0.2) is 18.6 Å². The Hall–Kier alpha value is -4.53. The van der Waals surface area contributed by atoms with E-state index in [0.29, 0.717) is 28.3 Å². The van der Waals surface area contributed by atoms with Crippen LogP contribution in [0.4, 0.5) is 14.5 Å². The van der Waals surface area contributed by atoms with Crippen LogP contribution in [0, 0.1) is 11.6 Å². The number of aliphatic imine (C=N–C) groups is 1. The van der Waals surface area contributed by atoms with Crippen molar-refractivity contribution in [3.05, 3.63) is 94.7 Å². The molecule has 0 spiro atoms. The topological polar surface area (TPSA) is 86.2 Å². The van der Waals surface area contributed by atoms with E-state index in [9.17, 15) is 18.4 Å². The second-order valence-electron chi connectivity index (χ2n) is 7.05. The fourth-order valence-corrected chi connectivity index (χ4v) is 3.31. The van der Waals surface area contributed by atoms with Gasteiger partial charge in [0.05, 0.1) is 14.2 Å². The van der Waals surface area contributed by atoms with E-state index < -0.39 is 29.1 Å². The van der Waals surface area contributed by atoms with Gasteiger partial charge >= 0.3 is 5.97 Å². The van der Waals surface area contributed by atoms with Crippen molar-refractivity contribution < 1.29 is 32.6 Å². The van der Waals surface area contributed by atoms with Gasteiger partial charge in [0, 0.05) is 16.8 Å². The van der Waals surface area contributed by atoms with E-state index >= 15 is 0 Å². The third-order valence-corrected chi connectivity index (χ3v) is 4.93. The van der Waals surface area contributed by atoms with Crippen LogP contribution in [0.15, 0.2) is 71.4 Å². The molecule has 0 atom stereocenters. The predicted octanol–water partition coefficient (Wildman–Crippen LogP) is 4.58. The zero-order valence-electron chi connectivity index (χ0n) is 18.1. The van der Waals surface area contributed by atoms with Crippen LogP contribution in [0.5, 0.6) is 11.5 Å². The summed E-state index contributed by atoms with van der Waals surface area (Å²) in [5.74, 6) is -2.49. The van der Waals surface area contributed by atoms with Crippen molar-refractivity contribution in [2.24, 2.45) is 4.99 Å². The first-order valence-corrected chi connectivity index (χ1v) is 10.0. The number of nitrogens with one attached hydrogen (secondary N) is 1. The average molecular weight is 464 g/mol. The first-order valence-electron chi connectivity index (χ1n) is 10.0. The van der Waals surface area contributed by atoms with Gasteiger partial charge in [0.15, 0.2) is 17.2 Å². The zero-order chi connectivity index (χ0) is 24.2. The Morgan fingerprint density at radius 3 is 2.29 bits per heavy atom. The summed E-state index contributed by atoms with van der Waals surface area (Å²) in [6.45, 7) is 0. The molecule has 0 unspecified atom stereocenters. The molecule has 1 aliphatic heterocycles. The Bertz CT molecular complexity index is 1310. The smallest absolute Gasteiger partial charge is 0.363 e. The molecule has 0 fully saturated rings. The SMILES string of the molecule is COc1cccc(C=C2N=C(c3ccc(NC(=O)c4c(F)cccc4F)cc3)OC2=O)c1OC. The number of nitrogens with zero attached hydrogens (tertiary/aromatic N) is 1. The van der Waals surface area contributed by atoms with Crippen molar-refractivity contribution >= 4 is 29.5 Å². The van der Waals surface area contributed by atoms with Crippen molar-refractivity contribution in [2.75, 3.05) is 19.5 Å². The number of methoxy groups -OCH3 is 2. The van der Waals surface area contributed by atoms with Crippen LogP contribution >= 0.6 is 0 Å². The lowest BCUT2D eigenvalue weighted by atomic mass is 10.1. The molecule has 0 saturated carbocycles. The Morgan fingerprint density at radius 1 is 0.971 bits per heavy atom. The summed E-state index contributed by atoms with van der Waals surface area (Å²) in [5.41, 5.74) is 0.720. The van der Waals surface area contributed by atoms with Crippen LogP contribution in [0.1, 0.15) is 21.5 Å². The summed E-state index contributed by atoms with van der Waals surface area (Å²) in [6.07, 6.45) is 1.52. The third kappa shape index (κ3) is 4.49. The Labute approximate surface area is 193 Å². The number of anilines is 1. The first-order chi connectivity index (χ1) is 16.4. The van der Waals surface area contributed by atoms with Crippen LogP contribution in [0.25, 0.3) is 6.08 Å². The number of carbonyl (C=O) groups is 2. The standard InChI is InChI=1S/C25H18F2N2O5/c1-32-20-8-3-5-15(22(20)33-2)13-19-25(31)34-24(29-19)14-9-11-16(12-10-14)28-23(30)21-17(26)6-4-7-18(21)27/h3-13H,1-2H3,(H,28,30). The van der Waals surface area contributed by atoms with Gasteiger partial charge in [0.1, 0.15) is 17.2 Å². The molecule has 1 heterocycles. The molecule has 3 aromatic carbocycles. The van der Waals surface area contributed by atoms with Gasteiger partial charge in [-0.1, -0.05) is 18.2 Å². The van der Waals surface area contributed by atoms with Gasteiger partial charge in [-0.05, 0) is 48.5 Å². The normalized spacial score (nSPS) is 13.9. The second kappa shape index (κ2) is 9.53. The van der Waals surface area contributed by atoms with Crippen molar-refractivity contribution in [3.8, 4) is 11.5 Å². The summed E-state index contributed by atoms with van der Waals surface area (Å²) in [5, 5.41) is 2.43. The molecule has 7 nitrogen and oxygen atoms in total. The Morgan fingerprint density at radius 2 is 1.65 bits per heavy atom. The minimum absolute atomic E-state index is 0.0639. The molecule has 3 aromatic rings. The molecule has 0 bridgehead atoms. The molecule has 172 valence electrons. The maximum atomic E-state index is 13.8. The molecule has 0 aliphatic carbocycles. The summed E-state index contributed by atoms with van der Waals surface area (Å²) in [7, 11) is 3.00. The zero-order valence-corrected chi connectivity index (χ0v) is 18.1. The van der Waals surface area contributed by atoms with Crippen LogP contribution in [-0.4, -0.2) is 32.0 Å². The van der Waals surface area contributed by atoms with Gasteiger partial charge in [-0.2, -0.15) is 0 Å². The molecule has 0 saturated heterocycles. The van der Waals surface area contributed by atoms with Crippen molar-refractivity contribution in [2.45, 2.75) is 0 Å². The highest BCUT2D eigenvalue weighted by atomic mass is 19.1. The van der Waals surface area contributed by atoms with Crippen molar-refractivity contribution in [1.82, 2.24) is 0 Å². The highest BCUT2D eigenvalue weighted by Gasteiger charge is 2.25. The number of ether oxygens (including phenoxy) is 3. The highest BCUT2D eigenvalue weighted by Crippen LogP contribution is 2.33. The van der Waals surface area contributed by atoms with Crippen LogP contribution < -0.4 is 14.8 Å². The number of cyclic esters (lactones) is 1. The second-order valence-corrected chi connectivity index (χ2v) is 7.05. The summed E-state index contributed by atoms with van der Waals surface area (Å²) >= 11 is 0. The minimum Gasteiger partial charge on any atom is -0.493 e. The van der Waals surface area contributed by atoms with Crippen LogP contribution in [-0.2, 0) is 9.53 Å². The van der Waals surface area contributed by atoms with Crippen molar-refractivity contribution in [1.29, 1.82) is 0 Å². The van der Waals surface area contributed by atoms with E-state index in [1.54, 1.807) is 30.3 Å². The minimum atomic E-state index is -0.965. The Balaban J connectivity index is 1.55. The van der Waals surface area contributed by atoms with Gasteiger partial charge in [0.2, 0.25) is 5.90 Å². The van der Waals surface area contributed by atoms with E-state index in [1.807, 2.05) is 0 Å². The van der Waals surface area contributed by atoms with E-state index in [2.05, 4.69) is 10.3 Å². The number of hydrogen-bond acceptors (Lipinski definition) is 6. The highest BCUT2D eigenvalue weighted by molar-refractivity contribution is 6.13. The molecule has 4 rings (SSSR count). The lowest BCUT2D eigenvalue weighted by Crippen LogP contribution is -2.16. The maximum Gasteiger partial charge on any atom is 0.363 e. The molecule has 34 heavy (non-hydrogen) atoms. The summed E-state index contributed by atoms with van der Waals surface area (Å²) in [6, 6.07) is 14.5. The number of para-hydroxylation sites is 1. The van der Waals surface area contributed by atoms with Crippen molar-refractivity contribution in [3.63, 3.8) is 0 Å².